The van der Waals surface area contributed by atoms with Gasteiger partial charge in [0.25, 0.3) is 6.47 Å². The fourth-order valence-corrected chi connectivity index (χ4v) is 5.18. The van der Waals surface area contributed by atoms with Gasteiger partial charge in [0.2, 0.25) is 9.84 Å². The number of anilines is 2. The average molecular weight is 443 g/mol. The highest BCUT2D eigenvalue weighted by molar-refractivity contribution is 7.91. The van der Waals surface area contributed by atoms with Crippen LogP contribution in [0.1, 0.15) is 34.3 Å². The van der Waals surface area contributed by atoms with Gasteiger partial charge in [0, 0.05) is 50.7 Å². The van der Waals surface area contributed by atoms with Crippen LogP contribution in [0.15, 0.2) is 46.2 Å². The number of nitrogens with zero attached hydrogens (tertiary/aromatic N) is 2. The summed E-state index contributed by atoms with van der Waals surface area (Å²) < 4.78 is 31.7. The summed E-state index contributed by atoms with van der Waals surface area (Å²) in [5.74, 6) is -0.306. The zero-order valence-electron chi connectivity index (χ0n) is 18.1. The number of allylic oxidation sites excluding steroid dienone is 1. The average Bonchev–Trinajstić information content (AvgIpc) is 2.73. The summed E-state index contributed by atoms with van der Waals surface area (Å²) in [7, 11) is 3.40. The van der Waals surface area contributed by atoms with Crippen LogP contribution in [0, 0.1) is 0 Å². The van der Waals surface area contributed by atoms with E-state index >= 15 is 0 Å². The minimum atomic E-state index is -3.88. The molecule has 0 aromatic heterocycles. The lowest BCUT2D eigenvalue weighted by Crippen LogP contribution is -2.23. The van der Waals surface area contributed by atoms with Crippen LogP contribution in [0.5, 0.6) is 0 Å². The van der Waals surface area contributed by atoms with Crippen LogP contribution in [0.25, 0.3) is 6.08 Å². The fourth-order valence-electron chi connectivity index (χ4n) is 3.46. The second-order valence-electron chi connectivity index (χ2n) is 7.72. The van der Waals surface area contributed by atoms with E-state index in [1.807, 2.05) is 40.3 Å². The molecule has 1 heterocycles. The molecule has 0 atom stereocenters. The Labute approximate surface area is 182 Å². The molecule has 2 aromatic carbocycles. The molecule has 31 heavy (non-hydrogen) atoms. The highest BCUT2D eigenvalue weighted by Gasteiger charge is 2.37. The molecule has 1 aliphatic heterocycles. The number of carbonyl (C=O) groups excluding carboxylic acids is 2. The number of hydrogen-bond acceptors (Lipinski definition) is 7. The Morgan fingerprint density at radius 2 is 1.65 bits per heavy atom. The maximum Gasteiger partial charge on any atom is 0.293 e. The van der Waals surface area contributed by atoms with Gasteiger partial charge in [0.15, 0.2) is 5.78 Å². The molecular formula is C23H26N2O5S. The number of rotatable bonds is 8. The maximum absolute atomic E-state index is 13.5. The molecule has 164 valence electrons. The van der Waals surface area contributed by atoms with Crippen molar-refractivity contribution < 1.29 is 22.7 Å². The summed E-state index contributed by atoms with van der Waals surface area (Å²) in [5.41, 5.74) is 2.32. The smallest absolute Gasteiger partial charge is 0.293 e. The predicted molar refractivity (Wildman–Crippen MR) is 121 cm³/mol. The second-order valence-corrected chi connectivity index (χ2v) is 9.61. The largest absolute Gasteiger partial charge is 0.468 e. The standard InChI is InChI=1S/C23H26N2O5S/c1-24(2)17-9-10-19-20(13-17)31(28,29)21-14-18(25(3)4)12-16(22(21)23(19)27)8-6-5-7-11-30-15-26/h6,8-10,12-15H,5,7,11H2,1-4H3/b8-6+. The first-order valence-electron chi connectivity index (χ1n) is 9.86. The number of carbonyl (C=O) groups is 2. The lowest BCUT2D eigenvalue weighted by atomic mass is 9.96. The van der Waals surface area contributed by atoms with Gasteiger partial charge in [-0.1, -0.05) is 12.2 Å². The molecular weight excluding hydrogens is 416 g/mol. The van der Waals surface area contributed by atoms with Crippen molar-refractivity contribution in [2.24, 2.45) is 0 Å². The topological polar surface area (TPSA) is 84.0 Å². The van der Waals surface area contributed by atoms with E-state index in [0.717, 1.165) is 0 Å². The first-order chi connectivity index (χ1) is 14.7. The Morgan fingerprint density at radius 3 is 2.29 bits per heavy atom. The molecule has 0 bridgehead atoms. The summed E-state index contributed by atoms with van der Waals surface area (Å²) in [6, 6.07) is 8.24. The van der Waals surface area contributed by atoms with E-state index in [1.54, 1.807) is 40.1 Å². The molecule has 0 aliphatic carbocycles. The number of benzene rings is 2. The molecule has 8 heteroatoms. The minimum absolute atomic E-state index is 0.0241. The molecule has 0 saturated carbocycles. The van der Waals surface area contributed by atoms with E-state index in [2.05, 4.69) is 4.74 Å². The summed E-state index contributed by atoms with van der Waals surface area (Å²) in [4.78, 5) is 27.3. The van der Waals surface area contributed by atoms with Crippen LogP contribution in [-0.2, 0) is 19.4 Å². The molecule has 0 amide bonds. The van der Waals surface area contributed by atoms with Crippen molar-refractivity contribution in [2.45, 2.75) is 22.6 Å². The number of ketones is 1. The Balaban J connectivity index is 2.14. The molecule has 0 saturated heterocycles. The van der Waals surface area contributed by atoms with E-state index in [9.17, 15) is 18.0 Å². The third-order valence-electron chi connectivity index (χ3n) is 5.16. The Hall–Kier alpha value is -3.13. The molecule has 0 radical (unpaired) electrons. The van der Waals surface area contributed by atoms with Gasteiger partial charge in [0.05, 0.1) is 16.4 Å². The van der Waals surface area contributed by atoms with Crippen LogP contribution in [0.4, 0.5) is 11.4 Å². The molecule has 0 fully saturated rings. The lowest BCUT2D eigenvalue weighted by molar-refractivity contribution is -0.128. The van der Waals surface area contributed by atoms with Crippen molar-refractivity contribution in [2.75, 3.05) is 44.6 Å². The third kappa shape index (κ3) is 4.34. The Kier molecular flexibility index (Phi) is 6.50. The summed E-state index contributed by atoms with van der Waals surface area (Å²) in [5, 5.41) is 0. The molecule has 1 aliphatic rings. The monoisotopic (exact) mass is 442 g/mol. The van der Waals surface area contributed by atoms with Crippen LogP contribution in [-0.4, -0.2) is 55.5 Å². The maximum atomic E-state index is 13.5. The molecule has 7 nitrogen and oxygen atoms in total. The van der Waals surface area contributed by atoms with Crippen LogP contribution in [0.2, 0.25) is 0 Å². The lowest BCUT2D eigenvalue weighted by Gasteiger charge is -2.25. The van der Waals surface area contributed by atoms with Crippen molar-refractivity contribution in [1.29, 1.82) is 0 Å². The van der Waals surface area contributed by atoms with Gasteiger partial charge in [-0.15, -0.1) is 0 Å². The quantitative estimate of drug-likeness (QED) is 0.391. The van der Waals surface area contributed by atoms with Crippen LogP contribution < -0.4 is 9.80 Å². The molecule has 3 rings (SSSR count). The second kappa shape index (κ2) is 8.93. The van der Waals surface area contributed by atoms with E-state index < -0.39 is 9.84 Å². The van der Waals surface area contributed by atoms with Crippen molar-refractivity contribution >= 4 is 39.5 Å². The zero-order valence-corrected chi connectivity index (χ0v) is 18.9. The first kappa shape index (κ1) is 22.6. The van der Waals surface area contributed by atoms with E-state index in [4.69, 9.17) is 0 Å². The zero-order chi connectivity index (χ0) is 22.8. The normalized spacial score (nSPS) is 14.1. The van der Waals surface area contributed by atoms with Crippen molar-refractivity contribution in [3.05, 3.63) is 53.1 Å². The van der Waals surface area contributed by atoms with Gasteiger partial charge in [-0.2, -0.15) is 0 Å². The van der Waals surface area contributed by atoms with E-state index in [1.165, 1.54) is 0 Å². The Morgan fingerprint density at radius 1 is 0.968 bits per heavy atom. The molecule has 0 N–H and O–H groups in total. The number of unbranched alkanes of at least 4 members (excludes halogenated alkanes) is 1. The van der Waals surface area contributed by atoms with E-state index in [-0.39, 0.29) is 26.7 Å². The van der Waals surface area contributed by atoms with Gasteiger partial charge in [-0.3, -0.25) is 9.59 Å². The molecule has 0 unspecified atom stereocenters. The van der Waals surface area contributed by atoms with Crippen molar-refractivity contribution in [3.8, 4) is 0 Å². The molecule has 2 aromatic rings. The van der Waals surface area contributed by atoms with Crippen LogP contribution in [0.3, 0.4) is 0 Å². The number of fused-ring (bicyclic) bond motifs is 2. The predicted octanol–water partition coefficient (Wildman–Crippen LogP) is 3.16. The van der Waals surface area contributed by atoms with Crippen molar-refractivity contribution in [3.63, 3.8) is 0 Å². The summed E-state index contributed by atoms with van der Waals surface area (Å²) in [6.45, 7) is 0.710. The van der Waals surface area contributed by atoms with Crippen LogP contribution >= 0.6 is 0 Å². The van der Waals surface area contributed by atoms with Gasteiger partial charge in [-0.25, -0.2) is 8.42 Å². The SMILES string of the molecule is CN(C)c1ccc2c(c1)S(=O)(=O)c1cc(N(C)C)cc(/C=C/CCCOC=O)c1C2=O. The minimum Gasteiger partial charge on any atom is -0.468 e. The van der Waals surface area contributed by atoms with Gasteiger partial charge < -0.3 is 14.5 Å². The Bertz CT molecular complexity index is 1150. The summed E-state index contributed by atoms with van der Waals surface area (Å²) in [6.07, 6.45) is 4.87. The number of sulfone groups is 1. The van der Waals surface area contributed by atoms with Gasteiger partial charge >= 0.3 is 0 Å². The third-order valence-corrected chi connectivity index (χ3v) is 6.98. The highest BCUT2D eigenvalue weighted by Crippen LogP contribution is 2.40. The molecule has 0 spiro atoms. The van der Waals surface area contributed by atoms with E-state index in [0.29, 0.717) is 42.9 Å². The first-order valence-corrected chi connectivity index (χ1v) is 11.3. The summed E-state index contributed by atoms with van der Waals surface area (Å²) >= 11 is 0. The highest BCUT2D eigenvalue weighted by atomic mass is 32.2. The number of ether oxygens (including phenoxy) is 1. The van der Waals surface area contributed by atoms with Gasteiger partial charge in [-0.05, 0) is 48.7 Å². The van der Waals surface area contributed by atoms with Gasteiger partial charge in [0.1, 0.15) is 0 Å². The fraction of sp³-hybridized carbons (Fsp3) is 0.304. The van der Waals surface area contributed by atoms with Crippen molar-refractivity contribution in [1.82, 2.24) is 0 Å². The number of hydrogen-bond donors (Lipinski definition) is 0.